The molecule has 2 rings (SSSR count). The van der Waals surface area contributed by atoms with E-state index in [1.54, 1.807) is 61.5 Å². The lowest BCUT2D eigenvalue weighted by atomic mass is 10.2. The molecule has 0 radical (unpaired) electrons. The van der Waals surface area contributed by atoms with Crippen molar-refractivity contribution in [3.05, 3.63) is 48.5 Å². The molecule has 0 saturated carbocycles. The molecule has 1 unspecified atom stereocenters. The van der Waals surface area contributed by atoms with Crippen LogP contribution in [-0.4, -0.2) is 57.0 Å². The Kier molecular flexibility index (Phi) is 5.46. The van der Waals surface area contributed by atoms with Gasteiger partial charge in [0.2, 0.25) is 11.8 Å². The number of nitrogens with zero attached hydrogens (tertiary/aromatic N) is 5. The van der Waals surface area contributed by atoms with Gasteiger partial charge in [-0.3, -0.25) is 19.3 Å². The summed E-state index contributed by atoms with van der Waals surface area (Å²) in [4.78, 5) is 31.6. The van der Waals surface area contributed by atoms with Gasteiger partial charge in [0, 0.05) is 45.4 Å². The average molecular weight is 315 g/mol. The Morgan fingerprint density at radius 3 is 2.48 bits per heavy atom. The second kappa shape index (κ2) is 7.53. The summed E-state index contributed by atoms with van der Waals surface area (Å²) in [5.41, 5.74) is 0.995. The minimum atomic E-state index is -0.437. The largest absolute Gasteiger partial charge is 0.340 e. The van der Waals surface area contributed by atoms with Crippen LogP contribution in [-0.2, 0) is 16.1 Å². The summed E-state index contributed by atoms with van der Waals surface area (Å²) in [6.45, 7) is 2.28. The second-order valence-electron chi connectivity index (χ2n) is 5.46. The zero-order chi connectivity index (χ0) is 16.8. The van der Waals surface area contributed by atoms with Gasteiger partial charge in [-0.2, -0.15) is 5.10 Å². The number of pyridine rings is 1. The van der Waals surface area contributed by atoms with E-state index < -0.39 is 6.04 Å². The molecule has 2 heterocycles. The molecule has 0 saturated heterocycles. The fourth-order valence-electron chi connectivity index (χ4n) is 2.19. The first-order valence-corrected chi connectivity index (χ1v) is 7.36. The van der Waals surface area contributed by atoms with E-state index in [-0.39, 0.29) is 18.4 Å². The smallest absolute Gasteiger partial charge is 0.247 e. The molecule has 1 atom stereocenters. The Morgan fingerprint density at radius 1 is 1.17 bits per heavy atom. The molecule has 122 valence electrons. The van der Waals surface area contributed by atoms with E-state index in [0.717, 1.165) is 5.56 Å². The molecule has 0 N–H and O–H groups in total. The highest BCUT2D eigenvalue weighted by Gasteiger charge is 2.22. The predicted molar refractivity (Wildman–Crippen MR) is 85.3 cm³/mol. The highest BCUT2D eigenvalue weighted by Crippen LogP contribution is 2.08. The van der Waals surface area contributed by atoms with Crippen LogP contribution in [0.15, 0.2) is 43.0 Å². The van der Waals surface area contributed by atoms with Crippen molar-refractivity contribution in [1.82, 2.24) is 24.6 Å². The molecule has 0 fully saturated rings. The van der Waals surface area contributed by atoms with Gasteiger partial charge < -0.3 is 9.80 Å². The van der Waals surface area contributed by atoms with Crippen LogP contribution in [0.25, 0.3) is 0 Å². The second-order valence-corrected chi connectivity index (χ2v) is 5.46. The maximum Gasteiger partial charge on any atom is 0.247 e. The quantitative estimate of drug-likeness (QED) is 0.796. The van der Waals surface area contributed by atoms with Gasteiger partial charge in [0.1, 0.15) is 6.04 Å². The van der Waals surface area contributed by atoms with Gasteiger partial charge in [-0.1, -0.05) is 0 Å². The summed E-state index contributed by atoms with van der Waals surface area (Å²) in [5.74, 6) is -0.273. The van der Waals surface area contributed by atoms with Crippen molar-refractivity contribution in [2.24, 2.45) is 0 Å². The molecule has 0 spiro atoms. The molecule has 7 nitrogen and oxygen atoms in total. The van der Waals surface area contributed by atoms with Crippen LogP contribution in [0.3, 0.4) is 0 Å². The molecule has 2 aromatic rings. The van der Waals surface area contributed by atoms with Crippen LogP contribution in [0.1, 0.15) is 18.5 Å². The van der Waals surface area contributed by atoms with Crippen LogP contribution in [0, 0.1) is 0 Å². The maximum absolute atomic E-state index is 12.3. The van der Waals surface area contributed by atoms with E-state index in [1.807, 2.05) is 12.1 Å². The summed E-state index contributed by atoms with van der Waals surface area (Å²) in [7, 11) is 3.35. The first-order chi connectivity index (χ1) is 11.0. The van der Waals surface area contributed by atoms with Crippen molar-refractivity contribution < 1.29 is 9.59 Å². The number of carbonyl (C=O) groups excluding carboxylic acids is 2. The molecule has 2 amide bonds. The normalized spacial score (nSPS) is 11.8. The third-order valence-corrected chi connectivity index (χ3v) is 3.62. The monoisotopic (exact) mass is 315 g/mol. The minimum Gasteiger partial charge on any atom is -0.340 e. The molecule has 0 aliphatic carbocycles. The molecule has 2 aromatic heterocycles. The molecule has 0 aliphatic heterocycles. The van der Waals surface area contributed by atoms with Gasteiger partial charge in [0.15, 0.2) is 0 Å². The third kappa shape index (κ3) is 4.38. The highest BCUT2D eigenvalue weighted by molar-refractivity contribution is 5.86. The fourth-order valence-corrected chi connectivity index (χ4v) is 2.19. The average Bonchev–Trinajstić information content (AvgIpc) is 3.08. The molecule has 7 heteroatoms. The fraction of sp³-hybridized carbons (Fsp3) is 0.375. The van der Waals surface area contributed by atoms with Gasteiger partial charge in [0.05, 0.1) is 6.54 Å². The highest BCUT2D eigenvalue weighted by atomic mass is 16.2. The van der Waals surface area contributed by atoms with Gasteiger partial charge >= 0.3 is 0 Å². The molecule has 0 bridgehead atoms. The first kappa shape index (κ1) is 16.7. The predicted octanol–water partition coefficient (Wildman–Crippen LogP) is 0.956. The summed E-state index contributed by atoms with van der Waals surface area (Å²) in [6.07, 6.45) is 6.73. The Morgan fingerprint density at radius 2 is 1.87 bits per heavy atom. The lowest BCUT2D eigenvalue weighted by Gasteiger charge is -2.24. The lowest BCUT2D eigenvalue weighted by Crippen LogP contribution is -2.41. The topological polar surface area (TPSA) is 71.3 Å². The Hall–Kier alpha value is -2.70. The van der Waals surface area contributed by atoms with E-state index in [4.69, 9.17) is 0 Å². The van der Waals surface area contributed by atoms with Crippen molar-refractivity contribution in [3.8, 4) is 0 Å². The Bertz CT molecular complexity index is 642. The van der Waals surface area contributed by atoms with Crippen molar-refractivity contribution in [3.63, 3.8) is 0 Å². The van der Waals surface area contributed by atoms with Crippen LogP contribution in [0.5, 0.6) is 0 Å². The lowest BCUT2D eigenvalue weighted by molar-refractivity contribution is -0.140. The number of likely N-dealkylation sites (N-methyl/N-ethyl adjacent to an activating group) is 2. The molecule has 0 aromatic carbocycles. The summed E-state index contributed by atoms with van der Waals surface area (Å²) >= 11 is 0. The zero-order valence-corrected chi connectivity index (χ0v) is 13.6. The summed E-state index contributed by atoms with van der Waals surface area (Å²) < 4.78 is 1.57. The van der Waals surface area contributed by atoms with Crippen molar-refractivity contribution in [2.75, 3.05) is 20.6 Å². The maximum atomic E-state index is 12.3. The molecular formula is C16H21N5O2. The van der Waals surface area contributed by atoms with Crippen molar-refractivity contribution in [2.45, 2.75) is 19.5 Å². The van der Waals surface area contributed by atoms with Gasteiger partial charge in [-0.05, 0) is 30.7 Å². The number of aromatic nitrogens is 3. The third-order valence-electron chi connectivity index (χ3n) is 3.62. The zero-order valence-electron chi connectivity index (χ0n) is 13.6. The van der Waals surface area contributed by atoms with Crippen LogP contribution in [0.4, 0.5) is 0 Å². The SMILES string of the molecule is CC(C(=O)N(C)CC(=O)N(C)Cc1ccncc1)n1cccn1. The standard InChI is InChI=1S/C16H21N5O2/c1-13(21-10-4-7-18-21)16(23)20(3)12-15(22)19(2)11-14-5-8-17-9-6-14/h4-10,13H,11-12H2,1-3H3. The van der Waals surface area contributed by atoms with E-state index in [1.165, 1.54) is 4.90 Å². The number of amides is 2. The Balaban J connectivity index is 1.89. The number of rotatable bonds is 6. The van der Waals surface area contributed by atoms with E-state index >= 15 is 0 Å². The molecular weight excluding hydrogens is 294 g/mol. The van der Waals surface area contributed by atoms with Gasteiger partial charge in [0.25, 0.3) is 0 Å². The van der Waals surface area contributed by atoms with Crippen LogP contribution < -0.4 is 0 Å². The van der Waals surface area contributed by atoms with Gasteiger partial charge in [-0.15, -0.1) is 0 Å². The van der Waals surface area contributed by atoms with Crippen molar-refractivity contribution >= 4 is 11.8 Å². The first-order valence-electron chi connectivity index (χ1n) is 7.36. The van der Waals surface area contributed by atoms with E-state index in [0.29, 0.717) is 6.54 Å². The summed E-state index contributed by atoms with van der Waals surface area (Å²) in [5, 5.41) is 4.06. The van der Waals surface area contributed by atoms with Crippen LogP contribution >= 0.6 is 0 Å². The van der Waals surface area contributed by atoms with E-state index in [9.17, 15) is 9.59 Å². The van der Waals surface area contributed by atoms with Crippen molar-refractivity contribution in [1.29, 1.82) is 0 Å². The van der Waals surface area contributed by atoms with Crippen LogP contribution in [0.2, 0.25) is 0 Å². The van der Waals surface area contributed by atoms with E-state index in [2.05, 4.69) is 10.1 Å². The number of hydrogen-bond donors (Lipinski definition) is 0. The molecule has 0 aliphatic rings. The van der Waals surface area contributed by atoms with Gasteiger partial charge in [-0.25, -0.2) is 0 Å². The molecule has 23 heavy (non-hydrogen) atoms. The number of hydrogen-bond acceptors (Lipinski definition) is 4. The Labute approximate surface area is 135 Å². The minimum absolute atomic E-state index is 0.0338. The summed E-state index contributed by atoms with van der Waals surface area (Å²) in [6, 6.07) is 5.04. The number of carbonyl (C=O) groups is 2.